The van der Waals surface area contributed by atoms with E-state index in [0.29, 0.717) is 0 Å². The Morgan fingerprint density at radius 3 is 1.73 bits per heavy atom. The summed E-state index contributed by atoms with van der Waals surface area (Å²) in [5.41, 5.74) is 0. The Morgan fingerprint density at radius 2 is 1.18 bits per heavy atom. The van der Waals surface area contributed by atoms with Crippen molar-refractivity contribution < 1.29 is 0 Å². The van der Waals surface area contributed by atoms with Crippen LogP contribution < -0.4 is 15.9 Å². The van der Waals surface area contributed by atoms with Gasteiger partial charge in [0.2, 0.25) is 0 Å². The van der Waals surface area contributed by atoms with Crippen LogP contribution in [0.5, 0.6) is 0 Å². The van der Waals surface area contributed by atoms with Crippen molar-refractivity contribution >= 4 is 48.2 Å². The van der Waals surface area contributed by atoms with E-state index in [0.717, 1.165) is 4.90 Å². The fourth-order valence-corrected chi connectivity index (χ4v) is 5.17. The molecule has 0 saturated heterocycles. The van der Waals surface area contributed by atoms with Crippen molar-refractivity contribution in [1.82, 2.24) is 0 Å². The number of hydrogen-bond acceptors (Lipinski definition) is 2. The fourth-order valence-electron chi connectivity index (χ4n) is 2.36. The number of hydrogen-bond donors (Lipinski definition) is 1. The molecule has 1 unspecified atom stereocenters. The van der Waals surface area contributed by atoms with Crippen molar-refractivity contribution in [2.45, 2.75) is 9.79 Å². The lowest BCUT2D eigenvalue weighted by Crippen LogP contribution is -2.20. The number of rotatable bonds is 4. The normalized spacial score (nSPS) is 12.1. The van der Waals surface area contributed by atoms with E-state index in [-0.39, 0.29) is 0 Å². The molecule has 0 bridgehead atoms. The summed E-state index contributed by atoms with van der Waals surface area (Å²) in [5, 5.41) is 4.11. The van der Waals surface area contributed by atoms with E-state index in [1.807, 2.05) is 0 Å². The lowest BCUT2D eigenvalue weighted by atomic mass is 10.3. The highest BCUT2D eigenvalue weighted by Gasteiger charge is 2.15. The average molecular weight is 340 g/mol. The van der Waals surface area contributed by atoms with Crippen LogP contribution in [-0.2, 0) is 0 Å². The lowest BCUT2D eigenvalue weighted by Gasteiger charge is -2.19. The molecular formula is C19H17PS2. The van der Waals surface area contributed by atoms with E-state index in [4.69, 9.17) is 0 Å². The summed E-state index contributed by atoms with van der Waals surface area (Å²) in [7, 11) is -0.519. The summed E-state index contributed by atoms with van der Waals surface area (Å²) in [5.74, 6) is 0. The van der Waals surface area contributed by atoms with Crippen molar-refractivity contribution in [2.75, 3.05) is 6.26 Å². The lowest BCUT2D eigenvalue weighted by molar-refractivity contribution is 1.49. The molecule has 0 aliphatic carbocycles. The van der Waals surface area contributed by atoms with E-state index in [1.165, 1.54) is 20.8 Å². The number of thioether (sulfide) groups is 1. The zero-order valence-corrected chi connectivity index (χ0v) is 14.9. The van der Waals surface area contributed by atoms with Gasteiger partial charge in [-0.2, -0.15) is 0 Å². The Morgan fingerprint density at radius 1 is 0.682 bits per heavy atom. The van der Waals surface area contributed by atoms with Crippen LogP contribution in [0, 0.1) is 0 Å². The van der Waals surface area contributed by atoms with Gasteiger partial charge in [-0.15, -0.1) is 24.4 Å². The van der Waals surface area contributed by atoms with Gasteiger partial charge in [-0.25, -0.2) is 0 Å². The number of benzene rings is 3. The highest BCUT2D eigenvalue weighted by atomic mass is 32.2. The molecular weight excluding hydrogens is 323 g/mol. The van der Waals surface area contributed by atoms with Gasteiger partial charge >= 0.3 is 0 Å². The molecule has 0 aliphatic rings. The quantitative estimate of drug-likeness (QED) is 0.416. The minimum Gasteiger partial charge on any atom is -0.143 e. The standard InChI is InChI=1S/C19H17PS2/c1-22-19-13-9-17(10-14-19)20(15-5-3-2-4-6-15)16-7-11-18(21)12-8-16/h2-14,21H,1H3. The molecule has 0 spiro atoms. The smallest absolute Gasteiger partial charge is 0.00695 e. The van der Waals surface area contributed by atoms with Crippen LogP contribution in [0.2, 0.25) is 0 Å². The van der Waals surface area contributed by atoms with E-state index >= 15 is 0 Å². The van der Waals surface area contributed by atoms with Crippen molar-refractivity contribution in [2.24, 2.45) is 0 Å². The largest absolute Gasteiger partial charge is 0.143 e. The maximum atomic E-state index is 4.41. The third-order valence-electron chi connectivity index (χ3n) is 3.45. The van der Waals surface area contributed by atoms with Gasteiger partial charge in [0.1, 0.15) is 0 Å². The zero-order chi connectivity index (χ0) is 15.4. The van der Waals surface area contributed by atoms with Gasteiger partial charge in [0.15, 0.2) is 0 Å². The minimum atomic E-state index is -0.519. The van der Waals surface area contributed by atoms with Crippen LogP contribution in [0.15, 0.2) is 88.7 Å². The summed E-state index contributed by atoms with van der Waals surface area (Å²) in [6, 6.07) is 28.3. The highest BCUT2D eigenvalue weighted by molar-refractivity contribution is 7.98. The second-order valence-corrected chi connectivity index (χ2v) is 8.50. The van der Waals surface area contributed by atoms with E-state index in [2.05, 4.69) is 97.7 Å². The van der Waals surface area contributed by atoms with Crippen molar-refractivity contribution in [1.29, 1.82) is 0 Å². The van der Waals surface area contributed by atoms with Crippen LogP contribution in [0.3, 0.4) is 0 Å². The van der Waals surface area contributed by atoms with Gasteiger partial charge in [-0.05, 0) is 54.4 Å². The predicted molar refractivity (Wildman–Crippen MR) is 104 cm³/mol. The number of thiol groups is 1. The molecule has 3 aromatic carbocycles. The van der Waals surface area contributed by atoms with Crippen LogP contribution in [0.1, 0.15) is 0 Å². The first-order chi connectivity index (χ1) is 10.8. The summed E-state index contributed by atoms with van der Waals surface area (Å²) in [4.78, 5) is 2.31. The van der Waals surface area contributed by atoms with Crippen molar-refractivity contribution in [3.63, 3.8) is 0 Å². The first-order valence-electron chi connectivity index (χ1n) is 7.06. The van der Waals surface area contributed by atoms with Crippen LogP contribution >= 0.6 is 32.3 Å². The van der Waals surface area contributed by atoms with E-state index in [9.17, 15) is 0 Å². The van der Waals surface area contributed by atoms with Crippen LogP contribution in [-0.4, -0.2) is 6.26 Å². The average Bonchev–Trinajstić information content (AvgIpc) is 2.58. The topological polar surface area (TPSA) is 0 Å². The van der Waals surface area contributed by atoms with E-state index < -0.39 is 7.92 Å². The fraction of sp³-hybridized carbons (Fsp3) is 0.0526. The third kappa shape index (κ3) is 3.57. The van der Waals surface area contributed by atoms with Gasteiger partial charge in [0.05, 0.1) is 0 Å². The Bertz CT molecular complexity index is 722. The Labute approximate surface area is 143 Å². The summed E-state index contributed by atoms with van der Waals surface area (Å²) >= 11 is 6.19. The Balaban J connectivity index is 2.07. The summed E-state index contributed by atoms with van der Waals surface area (Å²) in [6.07, 6.45) is 2.11. The molecule has 22 heavy (non-hydrogen) atoms. The SMILES string of the molecule is CSc1ccc(P(c2ccccc2)c2ccc(S)cc2)cc1. The first-order valence-corrected chi connectivity index (χ1v) is 10.1. The monoisotopic (exact) mass is 340 g/mol. The van der Waals surface area contributed by atoms with Crippen molar-refractivity contribution in [3.05, 3.63) is 78.9 Å². The first kappa shape index (κ1) is 15.7. The third-order valence-corrected chi connectivity index (χ3v) is 6.94. The molecule has 0 nitrogen and oxygen atoms in total. The molecule has 1 atom stereocenters. The Kier molecular flexibility index (Phi) is 5.25. The second kappa shape index (κ2) is 7.37. The summed E-state index contributed by atoms with van der Waals surface area (Å²) in [6.45, 7) is 0. The van der Waals surface area contributed by atoms with Gasteiger partial charge in [-0.3, -0.25) is 0 Å². The maximum absolute atomic E-state index is 4.41. The molecule has 0 radical (unpaired) electrons. The molecule has 0 heterocycles. The van der Waals surface area contributed by atoms with Gasteiger partial charge in [0.25, 0.3) is 0 Å². The molecule has 3 heteroatoms. The molecule has 0 amide bonds. The second-order valence-electron chi connectivity index (χ2n) is 4.89. The zero-order valence-electron chi connectivity index (χ0n) is 12.3. The maximum Gasteiger partial charge on any atom is 0.00695 e. The van der Waals surface area contributed by atoms with Crippen LogP contribution in [0.25, 0.3) is 0 Å². The summed E-state index contributed by atoms with van der Waals surface area (Å²) < 4.78 is 0. The van der Waals surface area contributed by atoms with Gasteiger partial charge in [0, 0.05) is 9.79 Å². The molecule has 0 aliphatic heterocycles. The molecule has 0 fully saturated rings. The van der Waals surface area contributed by atoms with Crippen molar-refractivity contribution in [3.8, 4) is 0 Å². The molecule has 0 aromatic heterocycles. The molecule has 0 saturated carbocycles. The Hall–Kier alpha value is -1.21. The predicted octanol–water partition coefficient (Wildman–Crippen LogP) is 4.46. The van der Waals surface area contributed by atoms with Crippen LogP contribution in [0.4, 0.5) is 0 Å². The van der Waals surface area contributed by atoms with E-state index in [1.54, 1.807) is 11.8 Å². The molecule has 3 rings (SSSR count). The van der Waals surface area contributed by atoms with Gasteiger partial charge in [-0.1, -0.05) is 54.6 Å². The molecule has 3 aromatic rings. The molecule has 0 N–H and O–H groups in total. The molecule has 110 valence electrons. The highest BCUT2D eigenvalue weighted by Crippen LogP contribution is 2.33. The minimum absolute atomic E-state index is 0.519. The van der Waals surface area contributed by atoms with Gasteiger partial charge < -0.3 is 0 Å².